The van der Waals surface area contributed by atoms with Gasteiger partial charge < -0.3 is 9.47 Å². The van der Waals surface area contributed by atoms with Crippen molar-refractivity contribution in [2.45, 2.75) is 6.42 Å². The van der Waals surface area contributed by atoms with Gasteiger partial charge in [-0.2, -0.15) is 5.10 Å². The minimum Gasteiger partial charge on any atom is -0.493 e. The Labute approximate surface area is 91.8 Å². The van der Waals surface area contributed by atoms with Crippen LogP contribution in [0.15, 0.2) is 18.5 Å². The predicted octanol–water partition coefficient (Wildman–Crippen LogP) is 0.453. The lowest BCUT2D eigenvalue weighted by Gasteiger charge is -2.06. The molecule has 2 aromatic heterocycles. The Bertz CT molecular complexity index is 521. The second-order valence-electron chi connectivity index (χ2n) is 3.14. The van der Waals surface area contributed by atoms with E-state index in [0.717, 1.165) is 0 Å². The van der Waals surface area contributed by atoms with Crippen LogP contribution in [-0.4, -0.2) is 34.8 Å². The average Bonchev–Trinajstić information content (AvgIpc) is 2.78. The van der Waals surface area contributed by atoms with E-state index in [-0.39, 0.29) is 12.4 Å². The van der Waals surface area contributed by atoms with Crippen molar-refractivity contribution in [3.63, 3.8) is 0 Å². The molecule has 0 aromatic carbocycles. The van der Waals surface area contributed by atoms with Gasteiger partial charge in [-0.15, -0.1) is 0 Å². The summed E-state index contributed by atoms with van der Waals surface area (Å²) in [6.45, 7) is 0. The van der Waals surface area contributed by atoms with Gasteiger partial charge in [0.25, 0.3) is 0 Å². The summed E-state index contributed by atoms with van der Waals surface area (Å²) in [6.07, 6.45) is 1.57. The van der Waals surface area contributed by atoms with Gasteiger partial charge in [-0.25, -0.2) is 9.50 Å². The maximum Gasteiger partial charge on any atom is 0.311 e. The largest absolute Gasteiger partial charge is 0.493 e. The zero-order valence-corrected chi connectivity index (χ0v) is 9.01. The van der Waals surface area contributed by atoms with Crippen molar-refractivity contribution >= 4 is 11.6 Å². The molecule has 0 saturated carbocycles. The van der Waals surface area contributed by atoms with Crippen LogP contribution in [0.3, 0.4) is 0 Å². The molecule has 6 heteroatoms. The maximum atomic E-state index is 11.2. The molecule has 16 heavy (non-hydrogen) atoms. The Hall–Kier alpha value is -2.11. The molecule has 0 atom stereocenters. The van der Waals surface area contributed by atoms with Crippen molar-refractivity contribution in [2.24, 2.45) is 0 Å². The van der Waals surface area contributed by atoms with Crippen LogP contribution < -0.4 is 4.74 Å². The highest BCUT2D eigenvalue weighted by molar-refractivity contribution is 5.72. The third kappa shape index (κ3) is 1.69. The van der Waals surface area contributed by atoms with Crippen LogP contribution in [0.4, 0.5) is 0 Å². The zero-order chi connectivity index (χ0) is 11.5. The lowest BCUT2D eigenvalue weighted by molar-refractivity contribution is -0.139. The van der Waals surface area contributed by atoms with E-state index >= 15 is 0 Å². The molecule has 2 rings (SSSR count). The maximum absolute atomic E-state index is 11.2. The average molecular weight is 221 g/mol. The van der Waals surface area contributed by atoms with Gasteiger partial charge in [0.05, 0.1) is 26.3 Å². The van der Waals surface area contributed by atoms with E-state index in [1.165, 1.54) is 13.4 Å². The number of ether oxygens (including phenoxy) is 2. The van der Waals surface area contributed by atoms with Crippen LogP contribution in [0, 0.1) is 0 Å². The first-order valence-corrected chi connectivity index (χ1v) is 4.68. The number of carbonyl (C=O) groups is 1. The fourth-order valence-corrected chi connectivity index (χ4v) is 1.45. The van der Waals surface area contributed by atoms with Gasteiger partial charge in [0.1, 0.15) is 6.33 Å². The molecule has 0 N–H and O–H groups in total. The van der Waals surface area contributed by atoms with E-state index in [1.807, 2.05) is 0 Å². The Morgan fingerprint density at radius 2 is 2.25 bits per heavy atom. The number of rotatable bonds is 3. The molecule has 0 aliphatic rings. The first kappa shape index (κ1) is 10.4. The number of aromatic nitrogens is 3. The van der Waals surface area contributed by atoms with Gasteiger partial charge >= 0.3 is 5.97 Å². The number of nitrogens with zero attached hydrogens (tertiary/aromatic N) is 3. The van der Waals surface area contributed by atoms with Gasteiger partial charge in [-0.1, -0.05) is 0 Å². The fraction of sp³-hybridized carbons (Fsp3) is 0.300. The molecular formula is C10H11N3O3. The third-order valence-corrected chi connectivity index (χ3v) is 2.24. The highest BCUT2D eigenvalue weighted by Gasteiger charge is 2.11. The lowest BCUT2D eigenvalue weighted by atomic mass is 10.2. The van der Waals surface area contributed by atoms with Gasteiger partial charge in [0.2, 0.25) is 0 Å². The SMILES string of the molecule is COC(=O)Cc1ccc(OC)c2ncnn12. The monoisotopic (exact) mass is 221 g/mol. The van der Waals surface area contributed by atoms with Gasteiger partial charge in [0, 0.05) is 0 Å². The van der Waals surface area contributed by atoms with E-state index < -0.39 is 0 Å². The van der Waals surface area contributed by atoms with Gasteiger partial charge in [0.15, 0.2) is 11.4 Å². The second-order valence-corrected chi connectivity index (χ2v) is 3.14. The van der Waals surface area contributed by atoms with Crippen molar-refractivity contribution < 1.29 is 14.3 Å². The summed E-state index contributed by atoms with van der Waals surface area (Å²) in [5.41, 5.74) is 1.30. The Balaban J connectivity index is 2.47. The summed E-state index contributed by atoms with van der Waals surface area (Å²) < 4.78 is 11.3. The van der Waals surface area contributed by atoms with Crippen molar-refractivity contribution in [3.8, 4) is 5.75 Å². The number of hydrogen-bond donors (Lipinski definition) is 0. The van der Waals surface area contributed by atoms with Crippen LogP contribution in [0.5, 0.6) is 5.75 Å². The van der Waals surface area contributed by atoms with Crippen LogP contribution in [0.2, 0.25) is 0 Å². The number of esters is 1. The van der Waals surface area contributed by atoms with Crippen LogP contribution in [-0.2, 0) is 16.0 Å². The van der Waals surface area contributed by atoms with Gasteiger partial charge in [-0.3, -0.25) is 4.79 Å². The van der Waals surface area contributed by atoms with Gasteiger partial charge in [-0.05, 0) is 12.1 Å². The molecule has 0 bridgehead atoms. The molecule has 0 fully saturated rings. The van der Waals surface area contributed by atoms with Crippen molar-refractivity contribution in [3.05, 3.63) is 24.2 Å². The highest BCUT2D eigenvalue weighted by Crippen LogP contribution is 2.18. The third-order valence-electron chi connectivity index (χ3n) is 2.24. The van der Waals surface area contributed by atoms with Crippen LogP contribution in [0.1, 0.15) is 5.69 Å². The lowest BCUT2D eigenvalue weighted by Crippen LogP contribution is -2.09. The summed E-state index contributed by atoms with van der Waals surface area (Å²) >= 11 is 0. The number of fused-ring (bicyclic) bond motifs is 1. The fourth-order valence-electron chi connectivity index (χ4n) is 1.45. The molecular weight excluding hydrogens is 210 g/mol. The number of carbonyl (C=O) groups excluding carboxylic acids is 1. The Kier molecular flexibility index (Phi) is 2.72. The summed E-state index contributed by atoms with van der Waals surface area (Å²) in [5.74, 6) is 0.299. The smallest absolute Gasteiger partial charge is 0.311 e. The van der Waals surface area contributed by atoms with Crippen LogP contribution >= 0.6 is 0 Å². The topological polar surface area (TPSA) is 65.7 Å². The van der Waals surface area contributed by atoms with E-state index in [9.17, 15) is 4.79 Å². The molecule has 2 aromatic rings. The molecule has 0 saturated heterocycles. The standard InChI is InChI=1S/C10H11N3O3/c1-15-8-4-3-7(5-9(14)16-2)13-10(8)11-6-12-13/h3-4,6H,5H2,1-2H3. The minimum absolute atomic E-state index is 0.153. The predicted molar refractivity (Wildman–Crippen MR) is 55.3 cm³/mol. The summed E-state index contributed by atoms with van der Waals surface area (Å²) in [4.78, 5) is 15.2. The van der Waals surface area contributed by atoms with E-state index in [2.05, 4.69) is 14.8 Å². The highest BCUT2D eigenvalue weighted by atomic mass is 16.5. The van der Waals surface area contributed by atoms with E-state index in [4.69, 9.17) is 4.74 Å². The van der Waals surface area contributed by atoms with Crippen molar-refractivity contribution in [2.75, 3.05) is 14.2 Å². The zero-order valence-electron chi connectivity index (χ0n) is 9.01. The molecule has 2 heterocycles. The quantitative estimate of drug-likeness (QED) is 0.704. The molecule has 84 valence electrons. The molecule has 0 spiro atoms. The Morgan fingerprint density at radius 1 is 1.44 bits per heavy atom. The molecule has 0 aliphatic carbocycles. The van der Waals surface area contributed by atoms with E-state index in [0.29, 0.717) is 17.1 Å². The van der Waals surface area contributed by atoms with Crippen LogP contribution in [0.25, 0.3) is 5.65 Å². The summed E-state index contributed by atoms with van der Waals surface area (Å²) in [6, 6.07) is 3.51. The molecule has 0 aliphatic heterocycles. The normalized spacial score (nSPS) is 10.4. The van der Waals surface area contributed by atoms with Crippen molar-refractivity contribution in [1.29, 1.82) is 0 Å². The van der Waals surface area contributed by atoms with E-state index in [1.54, 1.807) is 23.8 Å². The molecule has 0 unspecified atom stereocenters. The molecule has 0 amide bonds. The Morgan fingerprint density at radius 3 is 2.94 bits per heavy atom. The minimum atomic E-state index is -0.318. The number of methoxy groups -OCH3 is 2. The number of hydrogen-bond acceptors (Lipinski definition) is 5. The molecule has 0 radical (unpaired) electrons. The van der Waals surface area contributed by atoms with Crippen molar-refractivity contribution in [1.82, 2.24) is 14.6 Å². The molecule has 6 nitrogen and oxygen atoms in total. The first-order valence-electron chi connectivity index (χ1n) is 4.68. The summed E-state index contributed by atoms with van der Waals surface area (Å²) in [5, 5.41) is 4.03. The second kappa shape index (κ2) is 4.18. The number of pyridine rings is 1. The first-order chi connectivity index (χ1) is 7.76. The summed E-state index contributed by atoms with van der Waals surface area (Å²) in [7, 11) is 2.91.